The van der Waals surface area contributed by atoms with E-state index < -0.39 is 17.6 Å². The molecule has 3 aromatic rings. The summed E-state index contributed by atoms with van der Waals surface area (Å²) >= 11 is 3.43. The number of hydrogen-bond acceptors (Lipinski definition) is 7. The first-order chi connectivity index (χ1) is 16.3. The Morgan fingerprint density at radius 1 is 1.21 bits per heavy atom. The molecule has 0 unspecified atom stereocenters. The van der Waals surface area contributed by atoms with Crippen LogP contribution in [0, 0.1) is 5.41 Å². The second-order valence-electron chi connectivity index (χ2n) is 9.92. The maximum absolute atomic E-state index is 11.2. The Bertz CT molecular complexity index is 1320. The van der Waals surface area contributed by atoms with Crippen molar-refractivity contribution in [1.29, 1.82) is 0 Å². The van der Waals surface area contributed by atoms with Crippen LogP contribution in [0.4, 0.5) is 11.6 Å². The molecule has 0 bridgehead atoms. The number of aromatic nitrogens is 2. The van der Waals surface area contributed by atoms with Crippen LogP contribution in [0.3, 0.4) is 0 Å². The Kier molecular flexibility index (Phi) is 5.04. The lowest BCUT2D eigenvalue weighted by atomic mass is 9.80. The highest BCUT2D eigenvalue weighted by Gasteiger charge is 2.57. The summed E-state index contributed by atoms with van der Waals surface area (Å²) in [5.41, 5.74) is 9.36. The van der Waals surface area contributed by atoms with Gasteiger partial charge in [-0.25, -0.2) is 4.98 Å². The largest absolute Gasteiger partial charge is 0.390 e. The van der Waals surface area contributed by atoms with Gasteiger partial charge >= 0.3 is 0 Å². The number of nitrogens with two attached hydrogens (primary N) is 1. The van der Waals surface area contributed by atoms with Gasteiger partial charge in [0.05, 0.1) is 34.8 Å². The monoisotopic (exact) mass is 525 g/mol. The number of nitrogens with zero attached hydrogens (tertiary/aromatic N) is 4. The molecule has 2 fully saturated rings. The number of aliphatic imine (C=N–C) groups is 1. The normalized spacial score (nSPS) is 30.9. The highest BCUT2D eigenvalue weighted by molar-refractivity contribution is 9.10. The minimum absolute atomic E-state index is 0.174. The predicted octanol–water partition coefficient (Wildman–Crippen LogP) is 3.41. The number of nitrogen functional groups attached to an aromatic ring is 1. The first-order valence-corrected chi connectivity index (χ1v) is 12.3. The van der Waals surface area contributed by atoms with Crippen LogP contribution in [0.5, 0.6) is 0 Å². The van der Waals surface area contributed by atoms with Crippen molar-refractivity contribution in [2.75, 3.05) is 31.0 Å². The molecule has 1 aliphatic carbocycles. The summed E-state index contributed by atoms with van der Waals surface area (Å²) in [6, 6.07) is 9.85. The summed E-state index contributed by atoms with van der Waals surface area (Å²) in [6.07, 6.45) is 1.38. The van der Waals surface area contributed by atoms with E-state index in [0.29, 0.717) is 31.9 Å². The van der Waals surface area contributed by atoms with Gasteiger partial charge < -0.3 is 30.2 Å². The van der Waals surface area contributed by atoms with E-state index in [1.54, 1.807) is 0 Å². The number of rotatable bonds is 2. The van der Waals surface area contributed by atoms with Gasteiger partial charge in [-0.05, 0) is 59.5 Å². The zero-order chi connectivity index (χ0) is 23.8. The van der Waals surface area contributed by atoms with Crippen molar-refractivity contribution in [3.8, 4) is 0 Å². The SMILES string of the molecule is CC1=NCN(C)c2c1ccn2[C@@H]1C[C@@]2(CO[C@@H](c3ccc4cc(Br)c(N)nc4c3)C2)[C@@H](O)[C@H]1O. The fourth-order valence-electron chi connectivity index (χ4n) is 5.94. The summed E-state index contributed by atoms with van der Waals surface area (Å²) in [7, 11) is 2.01. The topological polar surface area (TPSA) is 109 Å². The lowest BCUT2D eigenvalue weighted by molar-refractivity contribution is -0.0310. The van der Waals surface area contributed by atoms with Crippen molar-refractivity contribution < 1.29 is 14.9 Å². The van der Waals surface area contributed by atoms with E-state index in [4.69, 9.17) is 10.5 Å². The van der Waals surface area contributed by atoms with Gasteiger partial charge in [-0.1, -0.05) is 12.1 Å². The second-order valence-corrected chi connectivity index (χ2v) is 10.8. The third kappa shape index (κ3) is 3.21. The van der Waals surface area contributed by atoms with Crippen molar-refractivity contribution in [2.24, 2.45) is 10.4 Å². The van der Waals surface area contributed by atoms with Crippen molar-refractivity contribution >= 4 is 44.2 Å². The maximum Gasteiger partial charge on any atom is 0.138 e. The van der Waals surface area contributed by atoms with Gasteiger partial charge in [-0.15, -0.1) is 0 Å². The van der Waals surface area contributed by atoms with E-state index >= 15 is 0 Å². The van der Waals surface area contributed by atoms with Crippen molar-refractivity contribution in [1.82, 2.24) is 9.55 Å². The molecule has 9 heteroatoms. The Morgan fingerprint density at radius 3 is 2.85 bits per heavy atom. The molecule has 2 aliphatic heterocycles. The van der Waals surface area contributed by atoms with Gasteiger partial charge in [0.25, 0.3) is 0 Å². The highest BCUT2D eigenvalue weighted by atomic mass is 79.9. The molecule has 8 nitrogen and oxygen atoms in total. The van der Waals surface area contributed by atoms with Crippen LogP contribution in [0.1, 0.15) is 43.0 Å². The molecule has 0 radical (unpaired) electrons. The number of aliphatic hydroxyl groups is 2. The smallest absolute Gasteiger partial charge is 0.138 e. The summed E-state index contributed by atoms with van der Waals surface area (Å²) in [4.78, 5) is 11.1. The van der Waals surface area contributed by atoms with Crippen LogP contribution in [-0.4, -0.2) is 58.0 Å². The molecule has 1 saturated carbocycles. The molecule has 6 rings (SSSR count). The van der Waals surface area contributed by atoms with E-state index in [0.717, 1.165) is 38.0 Å². The van der Waals surface area contributed by atoms with Crippen LogP contribution < -0.4 is 10.6 Å². The fraction of sp³-hybridized carbons (Fsp3) is 0.440. The van der Waals surface area contributed by atoms with Gasteiger partial charge in [0.1, 0.15) is 24.4 Å². The number of halogens is 1. The summed E-state index contributed by atoms with van der Waals surface area (Å²) in [6.45, 7) is 3.00. The molecule has 5 atom stereocenters. The number of fused-ring (bicyclic) bond motifs is 2. The molecular formula is C25H28BrN5O3. The Labute approximate surface area is 206 Å². The van der Waals surface area contributed by atoms with E-state index in [2.05, 4.69) is 35.4 Å². The molecule has 4 heterocycles. The van der Waals surface area contributed by atoms with Crippen LogP contribution >= 0.6 is 15.9 Å². The molecule has 178 valence electrons. The first-order valence-electron chi connectivity index (χ1n) is 11.5. The fourth-order valence-corrected chi connectivity index (χ4v) is 6.27. The van der Waals surface area contributed by atoms with Crippen molar-refractivity contribution in [2.45, 2.75) is 44.1 Å². The third-order valence-electron chi connectivity index (χ3n) is 7.83. The van der Waals surface area contributed by atoms with Crippen molar-refractivity contribution in [3.63, 3.8) is 0 Å². The van der Waals surface area contributed by atoms with E-state index in [1.807, 2.05) is 50.5 Å². The second kappa shape index (κ2) is 7.78. The lowest BCUT2D eigenvalue weighted by Gasteiger charge is -2.29. The third-order valence-corrected chi connectivity index (χ3v) is 8.47. The number of ether oxygens (including phenoxy) is 1. The number of anilines is 2. The Hall–Kier alpha value is -2.46. The van der Waals surface area contributed by atoms with Crippen LogP contribution in [0.2, 0.25) is 0 Å². The molecule has 4 N–H and O–H groups in total. The summed E-state index contributed by atoms with van der Waals surface area (Å²) in [5.74, 6) is 1.49. The van der Waals surface area contributed by atoms with Crippen LogP contribution in [0.25, 0.3) is 10.9 Å². The summed E-state index contributed by atoms with van der Waals surface area (Å²) < 4.78 is 9.13. The molecule has 1 aromatic carbocycles. The number of hydrogen-bond donors (Lipinski definition) is 3. The minimum Gasteiger partial charge on any atom is -0.390 e. The molecule has 1 saturated heterocycles. The van der Waals surface area contributed by atoms with Crippen LogP contribution in [-0.2, 0) is 4.74 Å². The van der Waals surface area contributed by atoms with Gasteiger partial charge in [0.2, 0.25) is 0 Å². The van der Waals surface area contributed by atoms with E-state index in [-0.39, 0.29) is 12.1 Å². The zero-order valence-corrected chi connectivity index (χ0v) is 20.7. The molecule has 1 spiro atoms. The van der Waals surface area contributed by atoms with E-state index in [9.17, 15) is 10.2 Å². The predicted molar refractivity (Wildman–Crippen MR) is 135 cm³/mol. The molecule has 2 aromatic heterocycles. The van der Waals surface area contributed by atoms with Gasteiger partial charge in [0.15, 0.2) is 0 Å². The van der Waals surface area contributed by atoms with Crippen molar-refractivity contribution in [3.05, 3.63) is 52.1 Å². The lowest BCUT2D eigenvalue weighted by Crippen LogP contribution is -2.37. The van der Waals surface area contributed by atoms with E-state index in [1.165, 1.54) is 0 Å². The highest BCUT2D eigenvalue weighted by Crippen LogP contribution is 2.55. The zero-order valence-electron chi connectivity index (χ0n) is 19.1. The average molecular weight is 526 g/mol. The standard InChI is InChI=1S/C25H28BrN5O3/c1-13-16-5-6-31(24(16)30(2)12-28-13)19-9-25(22(33)21(19)32)10-20(34-11-25)15-4-3-14-7-17(26)23(27)29-18(14)8-15/h3-8,19-22,32-33H,9-12H2,1-2H3,(H2,27,29)/t19-,20-,21+,22+,25-/m1/s1. The Balaban J connectivity index is 1.29. The van der Waals surface area contributed by atoms with Crippen LogP contribution in [0.15, 0.2) is 46.0 Å². The van der Waals surface area contributed by atoms with Gasteiger partial charge in [0, 0.05) is 35.3 Å². The first kappa shape index (κ1) is 22.0. The number of aliphatic hydroxyl groups excluding tert-OH is 2. The van der Waals surface area contributed by atoms with Gasteiger partial charge in [-0.3, -0.25) is 4.99 Å². The molecule has 0 amide bonds. The number of benzene rings is 1. The number of pyridine rings is 1. The maximum atomic E-state index is 11.2. The van der Waals surface area contributed by atoms with Gasteiger partial charge in [-0.2, -0.15) is 0 Å². The molecular weight excluding hydrogens is 498 g/mol. The molecule has 34 heavy (non-hydrogen) atoms. The minimum atomic E-state index is -0.873. The quantitative estimate of drug-likeness (QED) is 0.473. The molecule has 3 aliphatic rings. The Morgan fingerprint density at radius 2 is 2.03 bits per heavy atom. The summed E-state index contributed by atoms with van der Waals surface area (Å²) in [5, 5.41) is 23.4. The average Bonchev–Trinajstić information content (AvgIpc) is 3.51.